The average Bonchev–Trinajstić information content (AvgIpc) is 2.76. The number of methoxy groups -OCH3 is 1. The highest BCUT2D eigenvalue weighted by Gasteiger charge is 2.31. The van der Waals surface area contributed by atoms with E-state index in [9.17, 15) is 32.7 Å². The number of halogens is 3. The zero-order valence-electron chi connectivity index (χ0n) is 17.2. The third-order valence-corrected chi connectivity index (χ3v) is 4.92. The number of hydrogen-bond acceptors (Lipinski definition) is 6. The Bertz CT molecular complexity index is 1240. The van der Waals surface area contributed by atoms with Crippen LogP contribution >= 0.6 is 0 Å². The zero-order valence-corrected chi connectivity index (χ0v) is 17.2. The number of aliphatic hydroxyl groups excluding tert-OH is 1. The molecule has 1 aromatic heterocycles. The molecule has 2 aromatic carbocycles. The number of alkyl halides is 3. The van der Waals surface area contributed by atoms with Crippen molar-refractivity contribution in [3.63, 3.8) is 0 Å². The Morgan fingerprint density at radius 3 is 2.39 bits per heavy atom. The van der Waals surface area contributed by atoms with Crippen LogP contribution in [0, 0.1) is 0 Å². The van der Waals surface area contributed by atoms with Gasteiger partial charge in [-0.05, 0) is 35.4 Å². The first-order valence-electron chi connectivity index (χ1n) is 9.55. The molecule has 174 valence electrons. The van der Waals surface area contributed by atoms with Gasteiger partial charge in [-0.1, -0.05) is 12.1 Å². The Labute approximate surface area is 184 Å². The van der Waals surface area contributed by atoms with Crippen LogP contribution in [0.5, 0.6) is 5.75 Å². The lowest BCUT2D eigenvalue weighted by Crippen LogP contribution is -2.47. The van der Waals surface area contributed by atoms with Gasteiger partial charge < -0.3 is 25.3 Å². The molecule has 4 N–H and O–H groups in total. The number of amides is 2. The van der Waals surface area contributed by atoms with Gasteiger partial charge in [-0.25, -0.2) is 4.79 Å². The molecule has 0 aliphatic carbocycles. The van der Waals surface area contributed by atoms with Crippen molar-refractivity contribution in [1.29, 1.82) is 0 Å². The molecular formula is C22H19F3N2O6. The van der Waals surface area contributed by atoms with Crippen molar-refractivity contribution >= 4 is 22.8 Å². The van der Waals surface area contributed by atoms with Crippen LogP contribution in [0.3, 0.4) is 0 Å². The summed E-state index contributed by atoms with van der Waals surface area (Å²) in [6.07, 6.45) is -6.62. The average molecular weight is 464 g/mol. The first kappa shape index (κ1) is 23.8. The van der Waals surface area contributed by atoms with Crippen LogP contribution in [0.2, 0.25) is 0 Å². The molecule has 0 aliphatic rings. The fraction of sp³-hybridized carbons (Fsp3) is 0.227. The third kappa shape index (κ3) is 5.50. The molecule has 0 unspecified atom stereocenters. The summed E-state index contributed by atoms with van der Waals surface area (Å²) in [4.78, 5) is 36.3. The van der Waals surface area contributed by atoms with E-state index in [1.807, 2.05) is 0 Å². The van der Waals surface area contributed by atoms with Crippen molar-refractivity contribution in [3.8, 4) is 5.75 Å². The Kier molecular flexibility index (Phi) is 6.73. The summed E-state index contributed by atoms with van der Waals surface area (Å²) in [5.74, 6) is -1.56. The number of nitrogens with two attached hydrogens (primary N) is 1. The van der Waals surface area contributed by atoms with Gasteiger partial charge in [-0.15, -0.1) is 0 Å². The lowest BCUT2D eigenvalue weighted by Gasteiger charge is -2.19. The normalized spacial score (nSPS) is 13.4. The molecule has 33 heavy (non-hydrogen) atoms. The van der Waals surface area contributed by atoms with Crippen molar-refractivity contribution in [2.24, 2.45) is 5.73 Å². The van der Waals surface area contributed by atoms with Crippen LogP contribution in [-0.2, 0) is 22.2 Å². The van der Waals surface area contributed by atoms with Gasteiger partial charge in [0.05, 0.1) is 12.7 Å². The Morgan fingerprint density at radius 2 is 1.82 bits per heavy atom. The fourth-order valence-corrected chi connectivity index (χ4v) is 3.21. The standard InChI is InChI=1S/C22H19F3N2O6/c1-32-14-6-7-15-12(9-18(28)33-17(15)10-14)8-16(20(26)30)27-21(31)19(29)11-2-4-13(5-3-11)22(23,24)25/h2-7,9-10,16,19,29H,8H2,1H3,(H2,26,30)(H,27,31)/t16-,19-/m0/s1. The van der Waals surface area contributed by atoms with Gasteiger partial charge in [0.15, 0.2) is 6.10 Å². The van der Waals surface area contributed by atoms with E-state index in [-0.39, 0.29) is 17.6 Å². The number of benzene rings is 2. The maximum atomic E-state index is 12.7. The molecule has 0 spiro atoms. The van der Waals surface area contributed by atoms with Crippen molar-refractivity contribution in [2.45, 2.75) is 24.7 Å². The number of hydrogen-bond donors (Lipinski definition) is 3. The van der Waals surface area contributed by atoms with Crippen LogP contribution in [0.1, 0.15) is 22.8 Å². The number of primary amides is 1. The number of carbonyl (C=O) groups excluding carboxylic acids is 2. The van der Waals surface area contributed by atoms with E-state index in [4.69, 9.17) is 14.9 Å². The van der Waals surface area contributed by atoms with E-state index in [0.717, 1.165) is 30.3 Å². The first-order valence-corrected chi connectivity index (χ1v) is 9.55. The summed E-state index contributed by atoms with van der Waals surface area (Å²) in [6, 6.07) is 7.86. The minimum atomic E-state index is -4.57. The van der Waals surface area contributed by atoms with E-state index in [2.05, 4.69) is 5.32 Å². The van der Waals surface area contributed by atoms with Crippen LogP contribution in [0.4, 0.5) is 13.2 Å². The smallest absolute Gasteiger partial charge is 0.416 e. The highest BCUT2D eigenvalue weighted by atomic mass is 19.4. The molecule has 0 bridgehead atoms. The van der Waals surface area contributed by atoms with Gasteiger partial charge in [0.2, 0.25) is 5.91 Å². The largest absolute Gasteiger partial charge is 0.497 e. The molecule has 0 fully saturated rings. The van der Waals surface area contributed by atoms with Crippen LogP contribution in [0.25, 0.3) is 11.0 Å². The van der Waals surface area contributed by atoms with Crippen LogP contribution < -0.4 is 21.4 Å². The molecule has 0 radical (unpaired) electrons. The highest BCUT2D eigenvalue weighted by molar-refractivity contribution is 5.90. The van der Waals surface area contributed by atoms with E-state index in [1.54, 1.807) is 12.1 Å². The molecule has 8 nitrogen and oxygen atoms in total. The molecule has 0 saturated carbocycles. The molecule has 2 amide bonds. The number of rotatable bonds is 7. The van der Waals surface area contributed by atoms with E-state index in [0.29, 0.717) is 16.7 Å². The molecule has 3 aromatic rings. The third-order valence-electron chi connectivity index (χ3n) is 4.92. The lowest BCUT2D eigenvalue weighted by molar-refractivity contribution is -0.137. The number of ether oxygens (including phenoxy) is 1. The number of carbonyl (C=O) groups is 2. The van der Waals surface area contributed by atoms with Gasteiger partial charge in [0, 0.05) is 23.9 Å². The highest BCUT2D eigenvalue weighted by Crippen LogP contribution is 2.30. The second-order valence-electron chi connectivity index (χ2n) is 7.14. The molecule has 3 rings (SSSR count). The Balaban J connectivity index is 1.82. The molecule has 0 aliphatic heterocycles. The summed E-state index contributed by atoms with van der Waals surface area (Å²) >= 11 is 0. The van der Waals surface area contributed by atoms with Crippen LogP contribution in [0.15, 0.2) is 57.7 Å². The Hall–Kier alpha value is -3.86. The summed E-state index contributed by atoms with van der Waals surface area (Å²) < 4.78 is 48.3. The van der Waals surface area contributed by atoms with Gasteiger partial charge in [0.25, 0.3) is 5.91 Å². The minimum Gasteiger partial charge on any atom is -0.497 e. The summed E-state index contributed by atoms with van der Waals surface area (Å²) in [6.45, 7) is 0. The lowest BCUT2D eigenvalue weighted by atomic mass is 10.0. The molecule has 0 saturated heterocycles. The molecule has 2 atom stereocenters. The van der Waals surface area contributed by atoms with E-state index >= 15 is 0 Å². The SMILES string of the molecule is COc1ccc2c(C[C@H](NC(=O)[C@@H](O)c3ccc(C(F)(F)F)cc3)C(N)=O)cc(=O)oc2c1. The zero-order chi connectivity index (χ0) is 24.3. The summed E-state index contributed by atoms with van der Waals surface area (Å²) in [5.41, 5.74) is 4.16. The monoisotopic (exact) mass is 464 g/mol. The fourth-order valence-electron chi connectivity index (χ4n) is 3.21. The van der Waals surface area contributed by atoms with Gasteiger partial charge in [0.1, 0.15) is 17.4 Å². The van der Waals surface area contributed by atoms with E-state index in [1.165, 1.54) is 13.2 Å². The van der Waals surface area contributed by atoms with Crippen molar-refractivity contribution in [3.05, 3.63) is 75.6 Å². The summed E-state index contributed by atoms with van der Waals surface area (Å²) in [7, 11) is 1.43. The molecule has 1 heterocycles. The van der Waals surface area contributed by atoms with Gasteiger partial charge >= 0.3 is 11.8 Å². The maximum Gasteiger partial charge on any atom is 0.416 e. The van der Waals surface area contributed by atoms with Crippen LogP contribution in [-0.4, -0.2) is 30.1 Å². The minimum absolute atomic E-state index is 0.110. The van der Waals surface area contributed by atoms with Gasteiger partial charge in [-0.3, -0.25) is 9.59 Å². The predicted octanol–water partition coefficient (Wildman–Crippen LogP) is 2.07. The van der Waals surface area contributed by atoms with E-state index < -0.39 is 41.3 Å². The number of aliphatic hydroxyl groups is 1. The molecular weight excluding hydrogens is 445 g/mol. The van der Waals surface area contributed by atoms with Crippen molar-refractivity contribution < 1.29 is 37.0 Å². The summed E-state index contributed by atoms with van der Waals surface area (Å²) in [5, 5.41) is 13.0. The number of fused-ring (bicyclic) bond motifs is 1. The second kappa shape index (κ2) is 9.33. The molecule has 11 heteroatoms. The van der Waals surface area contributed by atoms with Gasteiger partial charge in [-0.2, -0.15) is 13.2 Å². The quantitative estimate of drug-likeness (QED) is 0.459. The van der Waals surface area contributed by atoms with Crippen molar-refractivity contribution in [1.82, 2.24) is 5.32 Å². The predicted molar refractivity (Wildman–Crippen MR) is 110 cm³/mol. The number of nitrogens with one attached hydrogen (secondary N) is 1. The first-order chi connectivity index (χ1) is 15.5. The topological polar surface area (TPSA) is 132 Å². The maximum absolute atomic E-state index is 12.7. The van der Waals surface area contributed by atoms with Crippen molar-refractivity contribution in [2.75, 3.05) is 7.11 Å². The Morgan fingerprint density at radius 1 is 1.15 bits per heavy atom. The second-order valence-corrected chi connectivity index (χ2v) is 7.14.